The van der Waals surface area contributed by atoms with Crippen LogP contribution in [0.15, 0.2) is 0 Å². The molecule has 6 heteroatoms. The van der Waals surface area contributed by atoms with Crippen molar-refractivity contribution in [1.29, 1.82) is 0 Å². The zero-order valence-electron chi connectivity index (χ0n) is 10.6. The van der Waals surface area contributed by atoms with Gasteiger partial charge in [-0.2, -0.15) is 0 Å². The molecular weight excluding hydrogens is 226 g/mol. The molecule has 0 aromatic carbocycles. The molecule has 1 atom stereocenters. The largest absolute Gasteiger partial charge is 0.444 e. The van der Waals surface area contributed by atoms with Crippen molar-refractivity contribution in [3.8, 4) is 0 Å². The highest BCUT2D eigenvalue weighted by molar-refractivity contribution is 5.68. The molecule has 0 saturated carbocycles. The molecular formula is C11H21NO5. The lowest BCUT2D eigenvalue weighted by Crippen LogP contribution is -2.42. The number of carbonyl (C=O) groups excluding carboxylic acids is 1. The van der Waals surface area contributed by atoms with Crippen molar-refractivity contribution in [2.45, 2.75) is 45.1 Å². The smallest absolute Gasteiger partial charge is 0.407 e. The summed E-state index contributed by atoms with van der Waals surface area (Å²) in [6, 6.07) is -0.423. The molecule has 1 amide bonds. The van der Waals surface area contributed by atoms with E-state index in [1.54, 1.807) is 20.8 Å². The fraction of sp³-hybridized carbons (Fsp3) is 0.909. The van der Waals surface area contributed by atoms with E-state index >= 15 is 0 Å². The molecule has 0 spiro atoms. The molecule has 0 aromatic heterocycles. The summed E-state index contributed by atoms with van der Waals surface area (Å²) in [7, 11) is 0. The lowest BCUT2D eigenvalue weighted by atomic mass is 10.2. The lowest BCUT2D eigenvalue weighted by molar-refractivity contribution is -0.0561. The fourth-order valence-corrected chi connectivity index (χ4v) is 1.43. The summed E-state index contributed by atoms with van der Waals surface area (Å²) in [6.07, 6.45) is -0.493. The van der Waals surface area contributed by atoms with Gasteiger partial charge in [0.2, 0.25) is 0 Å². The van der Waals surface area contributed by atoms with Crippen LogP contribution < -0.4 is 5.32 Å². The second kappa shape index (κ2) is 6.18. The maximum atomic E-state index is 11.5. The van der Waals surface area contributed by atoms with Crippen molar-refractivity contribution in [3.63, 3.8) is 0 Å². The Morgan fingerprint density at radius 3 is 2.53 bits per heavy atom. The van der Waals surface area contributed by atoms with Crippen LogP contribution in [0.3, 0.4) is 0 Å². The summed E-state index contributed by atoms with van der Waals surface area (Å²) in [5.74, 6) is 0. The first-order valence-corrected chi connectivity index (χ1v) is 5.74. The Labute approximate surface area is 101 Å². The number of hydrogen-bond acceptors (Lipinski definition) is 5. The monoisotopic (exact) mass is 247 g/mol. The van der Waals surface area contributed by atoms with Gasteiger partial charge in [0.05, 0.1) is 25.9 Å². The highest BCUT2D eigenvalue weighted by atomic mass is 16.7. The van der Waals surface area contributed by atoms with Crippen LogP contribution in [0, 0.1) is 0 Å². The Balaban J connectivity index is 2.32. The average Bonchev–Trinajstić information content (AvgIpc) is 2.66. The normalized spacial score (nSPS) is 19.1. The van der Waals surface area contributed by atoms with E-state index in [0.717, 1.165) is 0 Å². The molecule has 1 unspecified atom stereocenters. The van der Waals surface area contributed by atoms with Gasteiger partial charge in [0.15, 0.2) is 6.29 Å². The summed E-state index contributed by atoms with van der Waals surface area (Å²) in [5.41, 5.74) is -0.551. The van der Waals surface area contributed by atoms with Gasteiger partial charge in [-0.05, 0) is 20.8 Å². The maximum Gasteiger partial charge on any atom is 0.407 e. The molecule has 1 aliphatic rings. The fourth-order valence-electron chi connectivity index (χ4n) is 1.43. The van der Waals surface area contributed by atoms with Crippen molar-refractivity contribution in [1.82, 2.24) is 5.32 Å². The molecule has 6 nitrogen and oxygen atoms in total. The Morgan fingerprint density at radius 1 is 1.47 bits per heavy atom. The topological polar surface area (TPSA) is 77.0 Å². The summed E-state index contributed by atoms with van der Waals surface area (Å²) >= 11 is 0. The van der Waals surface area contributed by atoms with E-state index < -0.39 is 17.7 Å². The lowest BCUT2D eigenvalue weighted by Gasteiger charge is -2.23. The molecule has 0 bridgehead atoms. The van der Waals surface area contributed by atoms with Gasteiger partial charge in [0, 0.05) is 6.42 Å². The predicted octanol–water partition coefficient (Wildman–Crippen LogP) is 0.635. The van der Waals surface area contributed by atoms with E-state index in [-0.39, 0.29) is 12.9 Å². The first kappa shape index (κ1) is 14.2. The molecule has 2 N–H and O–H groups in total. The van der Waals surface area contributed by atoms with Crippen LogP contribution in [0.2, 0.25) is 0 Å². The van der Waals surface area contributed by atoms with Gasteiger partial charge in [-0.1, -0.05) is 0 Å². The molecule has 1 heterocycles. The van der Waals surface area contributed by atoms with Crippen molar-refractivity contribution in [3.05, 3.63) is 0 Å². The minimum absolute atomic E-state index is 0.178. The summed E-state index contributed by atoms with van der Waals surface area (Å²) in [6.45, 7) is 6.27. The van der Waals surface area contributed by atoms with E-state index in [1.165, 1.54) is 0 Å². The molecule has 17 heavy (non-hydrogen) atoms. The van der Waals surface area contributed by atoms with Crippen LogP contribution >= 0.6 is 0 Å². The van der Waals surface area contributed by atoms with E-state index in [0.29, 0.717) is 19.6 Å². The molecule has 100 valence electrons. The Bertz CT molecular complexity index is 245. The van der Waals surface area contributed by atoms with Crippen molar-refractivity contribution in [2.24, 2.45) is 0 Å². The average molecular weight is 247 g/mol. The van der Waals surface area contributed by atoms with E-state index in [1.807, 2.05) is 0 Å². The minimum atomic E-state index is -0.551. The maximum absolute atomic E-state index is 11.5. The van der Waals surface area contributed by atoms with Gasteiger partial charge >= 0.3 is 6.09 Å². The number of ether oxygens (including phenoxy) is 3. The Kier molecular flexibility index (Phi) is 5.17. The predicted molar refractivity (Wildman–Crippen MR) is 60.6 cm³/mol. The Morgan fingerprint density at radius 2 is 2.06 bits per heavy atom. The van der Waals surface area contributed by atoms with Gasteiger partial charge in [0.25, 0.3) is 0 Å². The van der Waals surface area contributed by atoms with Gasteiger partial charge in [-0.15, -0.1) is 0 Å². The zero-order chi connectivity index (χ0) is 12.9. The number of alkyl carbamates (subject to hydrolysis) is 1. The van der Waals surface area contributed by atoms with Crippen LogP contribution in [0.25, 0.3) is 0 Å². The van der Waals surface area contributed by atoms with Crippen LogP contribution in [-0.2, 0) is 14.2 Å². The number of amides is 1. The van der Waals surface area contributed by atoms with Crippen molar-refractivity contribution >= 4 is 6.09 Å². The van der Waals surface area contributed by atoms with Gasteiger partial charge in [0.1, 0.15) is 5.60 Å². The van der Waals surface area contributed by atoms with E-state index in [2.05, 4.69) is 5.32 Å². The van der Waals surface area contributed by atoms with E-state index in [4.69, 9.17) is 19.3 Å². The van der Waals surface area contributed by atoms with Crippen LogP contribution in [0.4, 0.5) is 4.79 Å². The summed E-state index contributed by atoms with van der Waals surface area (Å²) in [4.78, 5) is 11.5. The molecule has 0 aliphatic carbocycles. The second-order valence-corrected chi connectivity index (χ2v) is 4.93. The Hall–Kier alpha value is -0.850. The third-order valence-electron chi connectivity index (χ3n) is 2.11. The highest BCUT2D eigenvalue weighted by Gasteiger charge is 2.24. The van der Waals surface area contributed by atoms with Gasteiger partial charge in [-0.3, -0.25) is 0 Å². The summed E-state index contributed by atoms with van der Waals surface area (Å²) in [5, 5.41) is 11.7. The molecule has 1 rings (SSSR count). The SMILES string of the molecule is CC(C)(C)OC(=O)NC(CO)CC1OCCO1. The number of nitrogens with one attached hydrogen (secondary N) is 1. The third kappa shape index (κ3) is 5.86. The molecule has 0 aromatic rings. The molecule has 1 fully saturated rings. The molecule has 1 aliphatic heterocycles. The third-order valence-corrected chi connectivity index (χ3v) is 2.11. The standard InChI is InChI=1S/C11H21NO5/c1-11(2,3)17-10(14)12-8(7-13)6-9-15-4-5-16-9/h8-9,13H,4-7H2,1-3H3,(H,12,14). The number of aliphatic hydroxyl groups excluding tert-OH is 1. The van der Waals surface area contributed by atoms with Crippen molar-refractivity contribution < 1.29 is 24.1 Å². The van der Waals surface area contributed by atoms with Crippen LogP contribution in [0.1, 0.15) is 27.2 Å². The first-order chi connectivity index (χ1) is 7.90. The van der Waals surface area contributed by atoms with Crippen molar-refractivity contribution in [2.75, 3.05) is 19.8 Å². The highest BCUT2D eigenvalue weighted by Crippen LogP contribution is 2.11. The minimum Gasteiger partial charge on any atom is -0.444 e. The van der Waals surface area contributed by atoms with Crippen LogP contribution in [0.5, 0.6) is 0 Å². The van der Waals surface area contributed by atoms with E-state index in [9.17, 15) is 4.79 Å². The van der Waals surface area contributed by atoms with Crippen LogP contribution in [-0.4, -0.2) is 49.0 Å². The molecule has 1 saturated heterocycles. The first-order valence-electron chi connectivity index (χ1n) is 5.74. The zero-order valence-corrected chi connectivity index (χ0v) is 10.6. The summed E-state index contributed by atoms with van der Waals surface area (Å²) < 4.78 is 15.6. The second-order valence-electron chi connectivity index (χ2n) is 4.93. The number of rotatable bonds is 4. The number of aliphatic hydroxyl groups is 1. The quantitative estimate of drug-likeness (QED) is 0.762. The number of carbonyl (C=O) groups is 1. The molecule has 0 radical (unpaired) electrons. The van der Waals surface area contributed by atoms with Gasteiger partial charge in [-0.25, -0.2) is 4.79 Å². The number of hydrogen-bond donors (Lipinski definition) is 2. The van der Waals surface area contributed by atoms with Gasteiger partial charge < -0.3 is 24.6 Å².